The van der Waals surface area contributed by atoms with E-state index in [-0.39, 0.29) is 5.69 Å². The Labute approximate surface area is 144 Å². The molecule has 3 aromatic rings. The Bertz CT molecular complexity index is 927. The molecule has 0 aliphatic carbocycles. The fourth-order valence-electron chi connectivity index (χ4n) is 2.57. The first-order chi connectivity index (χ1) is 12.0. The third-order valence-electron chi connectivity index (χ3n) is 3.92. The first kappa shape index (κ1) is 16.7. The molecule has 130 valence electrons. The number of carboxylic acids is 1. The summed E-state index contributed by atoms with van der Waals surface area (Å²) in [5, 5.41) is 15.8. The molecular weight excluding hydrogens is 322 g/mol. The van der Waals surface area contributed by atoms with Crippen LogP contribution in [0.25, 0.3) is 11.0 Å². The van der Waals surface area contributed by atoms with E-state index in [0.29, 0.717) is 5.95 Å². The predicted molar refractivity (Wildman–Crippen MR) is 92.6 cm³/mol. The van der Waals surface area contributed by atoms with Gasteiger partial charge in [0.05, 0.1) is 11.0 Å². The van der Waals surface area contributed by atoms with E-state index >= 15 is 0 Å². The van der Waals surface area contributed by atoms with Crippen LogP contribution in [0.1, 0.15) is 36.8 Å². The number of amides is 1. The predicted octanol–water partition coefficient (Wildman–Crippen LogP) is 2.54. The third-order valence-corrected chi connectivity index (χ3v) is 3.92. The number of hydrogen-bond acceptors (Lipinski definition) is 4. The van der Waals surface area contributed by atoms with Crippen molar-refractivity contribution in [2.24, 2.45) is 0 Å². The Morgan fingerprint density at radius 3 is 2.76 bits per heavy atom. The molecule has 0 spiro atoms. The molecule has 2 aromatic heterocycles. The van der Waals surface area contributed by atoms with Crippen molar-refractivity contribution < 1.29 is 14.7 Å². The number of hydrogen-bond donors (Lipinski definition) is 2. The quantitative estimate of drug-likeness (QED) is 0.717. The fourth-order valence-corrected chi connectivity index (χ4v) is 2.57. The second kappa shape index (κ2) is 6.76. The zero-order chi connectivity index (χ0) is 18.0. The SMILES string of the molecule is CCCn1c(NC(=O)c2ccn(C(C)C(=O)O)n2)nc2ccccc21. The molecule has 1 amide bonds. The van der Waals surface area contributed by atoms with Crippen molar-refractivity contribution in [3.63, 3.8) is 0 Å². The first-order valence-electron chi connectivity index (χ1n) is 8.06. The van der Waals surface area contributed by atoms with E-state index in [2.05, 4.69) is 22.3 Å². The molecule has 2 N–H and O–H groups in total. The van der Waals surface area contributed by atoms with Gasteiger partial charge in [-0.3, -0.25) is 14.8 Å². The summed E-state index contributed by atoms with van der Waals surface area (Å²) in [5.74, 6) is -0.988. The van der Waals surface area contributed by atoms with Crippen LogP contribution >= 0.6 is 0 Å². The largest absolute Gasteiger partial charge is 0.480 e. The molecule has 1 aromatic carbocycles. The third kappa shape index (κ3) is 3.23. The van der Waals surface area contributed by atoms with Crippen molar-refractivity contribution in [1.82, 2.24) is 19.3 Å². The van der Waals surface area contributed by atoms with Crippen molar-refractivity contribution in [2.75, 3.05) is 5.32 Å². The highest BCUT2D eigenvalue weighted by molar-refractivity contribution is 6.02. The van der Waals surface area contributed by atoms with Gasteiger partial charge in [0.25, 0.3) is 5.91 Å². The van der Waals surface area contributed by atoms with Crippen LogP contribution in [0.2, 0.25) is 0 Å². The Balaban J connectivity index is 1.87. The number of benzene rings is 1. The number of carbonyl (C=O) groups excluding carboxylic acids is 1. The Hall–Kier alpha value is -3.16. The van der Waals surface area contributed by atoms with E-state index in [1.54, 1.807) is 0 Å². The van der Waals surface area contributed by atoms with Crippen LogP contribution in [-0.4, -0.2) is 36.3 Å². The zero-order valence-electron chi connectivity index (χ0n) is 14.0. The average Bonchev–Trinajstić information content (AvgIpc) is 3.20. The first-order valence-corrected chi connectivity index (χ1v) is 8.06. The molecule has 1 atom stereocenters. The van der Waals surface area contributed by atoms with Crippen molar-refractivity contribution >= 4 is 28.9 Å². The van der Waals surface area contributed by atoms with Crippen LogP contribution in [0.4, 0.5) is 5.95 Å². The average molecular weight is 341 g/mol. The van der Waals surface area contributed by atoms with E-state index in [4.69, 9.17) is 5.11 Å². The summed E-state index contributed by atoms with van der Waals surface area (Å²) in [6.45, 7) is 4.27. The van der Waals surface area contributed by atoms with Gasteiger partial charge in [-0.15, -0.1) is 0 Å². The topological polar surface area (TPSA) is 102 Å². The van der Waals surface area contributed by atoms with Gasteiger partial charge >= 0.3 is 5.97 Å². The summed E-state index contributed by atoms with van der Waals surface area (Å²) in [6, 6.07) is 8.31. The van der Waals surface area contributed by atoms with Crippen LogP contribution in [0.3, 0.4) is 0 Å². The van der Waals surface area contributed by atoms with Gasteiger partial charge < -0.3 is 9.67 Å². The van der Waals surface area contributed by atoms with E-state index in [1.165, 1.54) is 23.9 Å². The van der Waals surface area contributed by atoms with E-state index < -0.39 is 17.9 Å². The van der Waals surface area contributed by atoms with Gasteiger partial charge in [-0.2, -0.15) is 5.10 Å². The number of aromatic nitrogens is 4. The lowest BCUT2D eigenvalue weighted by atomic mass is 10.3. The minimum atomic E-state index is -1.01. The standard InChI is InChI=1S/C17H19N5O3/c1-3-9-21-14-7-5-4-6-12(14)18-17(21)19-15(23)13-8-10-22(20-13)11(2)16(24)25/h4-8,10-11H,3,9H2,1-2H3,(H,24,25)(H,18,19,23). The highest BCUT2D eigenvalue weighted by Gasteiger charge is 2.19. The van der Waals surface area contributed by atoms with Crippen molar-refractivity contribution in [3.8, 4) is 0 Å². The van der Waals surface area contributed by atoms with Crippen molar-refractivity contribution in [3.05, 3.63) is 42.2 Å². The molecule has 25 heavy (non-hydrogen) atoms. The van der Waals surface area contributed by atoms with Crippen LogP contribution in [0.15, 0.2) is 36.5 Å². The Morgan fingerprint density at radius 2 is 2.04 bits per heavy atom. The minimum absolute atomic E-state index is 0.142. The fraction of sp³-hybridized carbons (Fsp3) is 0.294. The smallest absolute Gasteiger partial charge is 0.328 e. The van der Waals surface area contributed by atoms with Gasteiger partial charge in [0.1, 0.15) is 6.04 Å². The van der Waals surface area contributed by atoms with Gasteiger partial charge in [-0.25, -0.2) is 9.78 Å². The second-order valence-electron chi connectivity index (χ2n) is 5.73. The molecule has 0 saturated carbocycles. The monoisotopic (exact) mass is 341 g/mol. The summed E-state index contributed by atoms with van der Waals surface area (Å²) in [6.07, 6.45) is 2.37. The highest BCUT2D eigenvalue weighted by Crippen LogP contribution is 2.20. The maximum atomic E-state index is 12.5. The van der Waals surface area contributed by atoms with E-state index in [1.807, 2.05) is 28.8 Å². The number of anilines is 1. The van der Waals surface area contributed by atoms with Gasteiger partial charge in [0.15, 0.2) is 5.69 Å². The van der Waals surface area contributed by atoms with Gasteiger partial charge in [-0.1, -0.05) is 19.1 Å². The number of carbonyl (C=O) groups is 2. The number of nitrogens with zero attached hydrogens (tertiary/aromatic N) is 4. The number of fused-ring (bicyclic) bond motifs is 1. The Morgan fingerprint density at radius 1 is 1.28 bits per heavy atom. The molecule has 1 unspecified atom stereocenters. The molecule has 3 rings (SSSR count). The number of para-hydroxylation sites is 2. The maximum Gasteiger partial charge on any atom is 0.328 e. The Kier molecular flexibility index (Phi) is 4.51. The number of aliphatic carboxylic acids is 1. The lowest BCUT2D eigenvalue weighted by Gasteiger charge is -2.08. The lowest BCUT2D eigenvalue weighted by Crippen LogP contribution is -2.19. The maximum absolute atomic E-state index is 12.5. The highest BCUT2D eigenvalue weighted by atomic mass is 16.4. The zero-order valence-corrected chi connectivity index (χ0v) is 14.0. The van der Waals surface area contributed by atoms with Gasteiger partial charge in [0.2, 0.25) is 5.95 Å². The molecule has 2 heterocycles. The van der Waals surface area contributed by atoms with Crippen molar-refractivity contribution in [1.29, 1.82) is 0 Å². The number of carboxylic acid groups (broad SMARTS) is 1. The number of nitrogens with one attached hydrogen (secondary N) is 1. The summed E-state index contributed by atoms with van der Waals surface area (Å²) < 4.78 is 3.19. The normalized spacial score (nSPS) is 12.2. The van der Waals surface area contributed by atoms with Crippen LogP contribution in [0.5, 0.6) is 0 Å². The number of imidazole rings is 1. The minimum Gasteiger partial charge on any atom is -0.480 e. The summed E-state index contributed by atoms with van der Waals surface area (Å²) >= 11 is 0. The molecule has 0 aliphatic rings. The molecular formula is C17H19N5O3. The number of rotatable bonds is 6. The summed E-state index contributed by atoms with van der Waals surface area (Å²) in [7, 11) is 0. The number of aryl methyl sites for hydroxylation is 1. The molecule has 0 saturated heterocycles. The molecule has 0 radical (unpaired) electrons. The van der Waals surface area contributed by atoms with E-state index in [9.17, 15) is 9.59 Å². The lowest BCUT2D eigenvalue weighted by molar-refractivity contribution is -0.140. The molecule has 8 nitrogen and oxygen atoms in total. The molecule has 8 heteroatoms. The van der Waals surface area contributed by atoms with Crippen LogP contribution in [0, 0.1) is 0 Å². The summed E-state index contributed by atoms with van der Waals surface area (Å²) in [4.78, 5) is 27.9. The van der Waals surface area contributed by atoms with Crippen LogP contribution < -0.4 is 5.32 Å². The van der Waals surface area contributed by atoms with Crippen LogP contribution in [-0.2, 0) is 11.3 Å². The van der Waals surface area contributed by atoms with E-state index in [0.717, 1.165) is 24.0 Å². The van der Waals surface area contributed by atoms with Gasteiger partial charge in [-0.05, 0) is 31.5 Å². The molecule has 0 fully saturated rings. The summed E-state index contributed by atoms with van der Waals surface area (Å²) in [5.41, 5.74) is 1.89. The second-order valence-corrected chi connectivity index (χ2v) is 5.73. The molecule has 0 bridgehead atoms. The van der Waals surface area contributed by atoms with Crippen molar-refractivity contribution in [2.45, 2.75) is 32.9 Å². The van der Waals surface area contributed by atoms with Gasteiger partial charge in [0, 0.05) is 12.7 Å². The molecule has 0 aliphatic heterocycles.